The van der Waals surface area contributed by atoms with E-state index in [1.54, 1.807) is 28.7 Å². The van der Waals surface area contributed by atoms with Gasteiger partial charge in [0.25, 0.3) is 0 Å². The van der Waals surface area contributed by atoms with E-state index in [4.69, 9.17) is 8.68 Å². The Kier molecular flexibility index (Phi) is 5.49. The van der Waals surface area contributed by atoms with E-state index < -0.39 is 5.97 Å². The van der Waals surface area contributed by atoms with E-state index in [1.165, 1.54) is 21.1 Å². The van der Waals surface area contributed by atoms with Gasteiger partial charge in [0.05, 0.1) is 0 Å². The summed E-state index contributed by atoms with van der Waals surface area (Å²) in [7, 11) is 0. The number of carboxylic acid groups (broad SMARTS) is 1. The average molecular weight is 374 g/mol. The third kappa shape index (κ3) is 3.36. The Labute approximate surface area is 137 Å². The Morgan fingerprint density at radius 1 is 0.900 bits per heavy atom. The molecule has 0 bridgehead atoms. The van der Waals surface area contributed by atoms with Gasteiger partial charge >= 0.3 is 27.8 Å². The van der Waals surface area contributed by atoms with Crippen LogP contribution in [0.4, 0.5) is 0 Å². The van der Waals surface area contributed by atoms with Gasteiger partial charge in [-0.25, -0.2) is 4.79 Å². The van der Waals surface area contributed by atoms with Crippen molar-refractivity contribution in [2.24, 2.45) is 0 Å². The minimum atomic E-state index is -0.860. The van der Waals surface area contributed by atoms with Crippen molar-refractivity contribution in [2.75, 3.05) is 0 Å². The van der Waals surface area contributed by atoms with Crippen molar-refractivity contribution in [3.63, 3.8) is 0 Å². The molecule has 0 atom stereocenters. The van der Waals surface area contributed by atoms with E-state index in [0.29, 0.717) is 4.88 Å². The molecule has 0 unspecified atom stereocenters. The molecule has 1 N–H and O–H groups in total. The number of carbonyl (C=O) groups is 1. The quantitative estimate of drug-likeness (QED) is 0.672. The molecular formula is C13H8O3S3Zn. The molecule has 3 aromatic rings. The second-order valence-electron chi connectivity index (χ2n) is 3.61. The zero-order chi connectivity index (χ0) is 14.5. The second-order valence-corrected chi connectivity index (χ2v) is 6.73. The van der Waals surface area contributed by atoms with Crippen molar-refractivity contribution in [2.45, 2.75) is 0 Å². The van der Waals surface area contributed by atoms with Crippen LogP contribution in [0.2, 0.25) is 0 Å². The van der Waals surface area contributed by atoms with Crippen LogP contribution in [-0.2, 0) is 21.8 Å². The summed E-state index contributed by atoms with van der Waals surface area (Å²) >= 11 is 4.85. The van der Waals surface area contributed by atoms with Crippen molar-refractivity contribution in [3.8, 4) is 19.5 Å². The standard InChI is InChI=1S/C13H8O2S3.O.Zn/c14-13(15)12-6-5-11(18-12)10-4-3-9(17-10)8-2-1-7-16-8;;/h1-7H,(H,14,15);;. The molecule has 0 radical (unpaired) electrons. The van der Waals surface area contributed by atoms with Crippen LogP contribution in [0.5, 0.6) is 0 Å². The summed E-state index contributed by atoms with van der Waals surface area (Å²) in [5, 5.41) is 11.0. The third-order valence-electron chi connectivity index (χ3n) is 2.43. The predicted octanol–water partition coefficient (Wildman–Crippen LogP) is 4.78. The molecule has 0 amide bonds. The molecule has 0 spiro atoms. The normalized spacial score (nSPS) is 9.90. The number of aromatic carboxylic acids is 1. The van der Waals surface area contributed by atoms with Crippen LogP contribution in [0.25, 0.3) is 19.5 Å². The number of rotatable bonds is 3. The number of hydrogen-bond donors (Lipinski definition) is 1. The molecule has 0 fully saturated rings. The first-order chi connectivity index (χ1) is 9.74. The molecule has 0 aliphatic carbocycles. The van der Waals surface area contributed by atoms with E-state index in [0.717, 1.165) is 9.75 Å². The van der Waals surface area contributed by atoms with Gasteiger partial charge in [0.2, 0.25) is 0 Å². The van der Waals surface area contributed by atoms with Gasteiger partial charge in [0.1, 0.15) is 4.88 Å². The van der Waals surface area contributed by atoms with Crippen molar-refractivity contribution in [1.82, 2.24) is 0 Å². The van der Waals surface area contributed by atoms with Crippen molar-refractivity contribution >= 4 is 40.0 Å². The molecule has 20 heavy (non-hydrogen) atoms. The van der Waals surface area contributed by atoms with E-state index in [1.807, 2.05) is 12.1 Å². The Balaban J connectivity index is 0.000000704. The van der Waals surface area contributed by atoms with Gasteiger partial charge < -0.3 is 5.11 Å². The SMILES string of the molecule is O=C(O)c1ccc(-c2ccc(-c3cccs3)s2)s1.[O]=[Zn]. The van der Waals surface area contributed by atoms with Gasteiger partial charge in [0, 0.05) is 19.5 Å². The Morgan fingerprint density at radius 3 is 2.05 bits per heavy atom. The second kappa shape index (κ2) is 7.13. The zero-order valence-corrected chi connectivity index (χ0v) is 15.7. The molecule has 7 heteroatoms. The molecule has 3 rings (SSSR count). The summed E-state index contributed by atoms with van der Waals surface area (Å²) in [5.41, 5.74) is 0. The van der Waals surface area contributed by atoms with Gasteiger partial charge in [-0.3, -0.25) is 0 Å². The Hall–Kier alpha value is -1.01. The Bertz CT molecular complexity index is 700. The number of carboxylic acids is 1. The molecule has 0 aliphatic rings. The maximum absolute atomic E-state index is 10.9. The first-order valence-corrected chi connectivity index (χ1v) is 9.22. The molecule has 3 aromatic heterocycles. The van der Waals surface area contributed by atoms with Crippen LogP contribution >= 0.6 is 34.0 Å². The third-order valence-corrected chi connectivity index (χ3v) is 5.85. The van der Waals surface area contributed by atoms with Crippen LogP contribution in [0, 0.1) is 0 Å². The zero-order valence-electron chi connectivity index (χ0n) is 10.2. The van der Waals surface area contributed by atoms with Crippen molar-refractivity contribution in [1.29, 1.82) is 0 Å². The number of thiophene rings is 3. The summed E-state index contributed by atoms with van der Waals surface area (Å²) < 4.78 is 8.38. The van der Waals surface area contributed by atoms with E-state index >= 15 is 0 Å². The van der Waals surface area contributed by atoms with E-state index in [2.05, 4.69) is 23.6 Å². The molecule has 0 saturated carbocycles. The van der Waals surface area contributed by atoms with Gasteiger partial charge in [-0.05, 0) is 35.7 Å². The fourth-order valence-electron chi connectivity index (χ4n) is 1.61. The van der Waals surface area contributed by atoms with E-state index in [9.17, 15) is 4.79 Å². The molecule has 0 aromatic carbocycles. The molecule has 0 aliphatic heterocycles. The summed E-state index contributed by atoms with van der Waals surface area (Å²) in [6.07, 6.45) is 0. The molecule has 0 saturated heterocycles. The summed E-state index contributed by atoms with van der Waals surface area (Å²) in [6, 6.07) is 11.8. The Morgan fingerprint density at radius 2 is 1.50 bits per heavy atom. The van der Waals surface area contributed by atoms with Crippen LogP contribution in [0.3, 0.4) is 0 Å². The maximum atomic E-state index is 10.9. The van der Waals surface area contributed by atoms with Crippen molar-refractivity contribution in [3.05, 3.63) is 46.7 Å². The first-order valence-electron chi connectivity index (χ1n) is 5.50. The first kappa shape index (κ1) is 15.4. The van der Waals surface area contributed by atoms with Gasteiger partial charge in [-0.1, -0.05) is 6.07 Å². The fraction of sp³-hybridized carbons (Fsp3) is 0. The van der Waals surface area contributed by atoms with Crippen LogP contribution in [0.15, 0.2) is 41.8 Å². The molecule has 3 heterocycles. The van der Waals surface area contributed by atoms with Crippen LogP contribution in [-0.4, -0.2) is 11.1 Å². The number of hydrogen-bond acceptors (Lipinski definition) is 5. The monoisotopic (exact) mass is 372 g/mol. The molecule has 3 nitrogen and oxygen atoms in total. The van der Waals surface area contributed by atoms with Gasteiger partial charge in [-0.15, -0.1) is 34.0 Å². The fourth-order valence-corrected chi connectivity index (χ4v) is 4.38. The van der Waals surface area contributed by atoms with Crippen molar-refractivity contribution < 1.29 is 31.7 Å². The van der Waals surface area contributed by atoms with Gasteiger partial charge in [0.15, 0.2) is 0 Å². The van der Waals surface area contributed by atoms with Crippen LogP contribution < -0.4 is 0 Å². The summed E-state index contributed by atoms with van der Waals surface area (Å²) in [6.45, 7) is 0. The summed E-state index contributed by atoms with van der Waals surface area (Å²) in [4.78, 5) is 15.9. The van der Waals surface area contributed by atoms with Crippen LogP contribution in [0.1, 0.15) is 9.67 Å². The molecule has 98 valence electrons. The predicted molar refractivity (Wildman–Crippen MR) is 78.6 cm³/mol. The topological polar surface area (TPSA) is 54.4 Å². The average Bonchev–Trinajstić information content (AvgIpc) is 3.20. The summed E-state index contributed by atoms with van der Waals surface area (Å²) in [5.74, 6) is -0.860. The van der Waals surface area contributed by atoms with Gasteiger partial charge in [-0.2, -0.15) is 0 Å². The van der Waals surface area contributed by atoms with E-state index in [-0.39, 0.29) is 18.3 Å². The minimum absolute atomic E-state index is 0.125. The molecular weight excluding hydrogens is 366 g/mol.